The Hall–Kier alpha value is -2.94. The van der Waals surface area contributed by atoms with Crippen molar-refractivity contribution >= 4 is 44.2 Å². The van der Waals surface area contributed by atoms with Crippen LogP contribution < -0.4 is 5.32 Å². The van der Waals surface area contributed by atoms with E-state index >= 15 is 0 Å². The molecule has 0 heterocycles. The summed E-state index contributed by atoms with van der Waals surface area (Å²) in [6.45, 7) is 1.63. The molecule has 2 amide bonds. The normalized spacial score (nSPS) is 15.1. The Kier molecular flexibility index (Phi) is 9.07. The van der Waals surface area contributed by atoms with Crippen LogP contribution in [-0.2, 0) is 26.2 Å². The molecule has 1 saturated carbocycles. The number of likely N-dealkylation sites (N-methyl/N-ethyl adjacent to an activating group) is 1. The van der Waals surface area contributed by atoms with Crippen molar-refractivity contribution in [2.24, 2.45) is 0 Å². The van der Waals surface area contributed by atoms with Crippen molar-refractivity contribution in [2.45, 2.75) is 62.6 Å². The number of hydrogen-bond donors (Lipinski definition) is 1. The first-order chi connectivity index (χ1) is 18.2. The second-order valence-electron chi connectivity index (χ2n) is 9.83. The Bertz CT molecular complexity index is 1390. The van der Waals surface area contributed by atoms with Gasteiger partial charge in [-0.2, -0.15) is 4.31 Å². The Balaban J connectivity index is 1.57. The van der Waals surface area contributed by atoms with E-state index in [0.29, 0.717) is 11.4 Å². The van der Waals surface area contributed by atoms with Crippen LogP contribution in [-0.4, -0.2) is 55.1 Å². The predicted octanol–water partition coefficient (Wildman–Crippen LogP) is 4.98. The molecule has 0 spiro atoms. The number of sulfonamides is 1. The molecule has 3 aromatic carbocycles. The molecular formula is C29H34ClN3O4S. The first kappa shape index (κ1) is 28.1. The molecule has 0 bridgehead atoms. The van der Waals surface area contributed by atoms with E-state index in [2.05, 4.69) is 5.32 Å². The molecule has 38 heavy (non-hydrogen) atoms. The number of rotatable bonds is 10. The summed E-state index contributed by atoms with van der Waals surface area (Å²) < 4.78 is 27.8. The monoisotopic (exact) mass is 555 g/mol. The van der Waals surface area contributed by atoms with Crippen LogP contribution in [0, 0.1) is 0 Å². The number of fused-ring (bicyclic) bond motifs is 1. The Labute approximate surface area is 229 Å². The van der Waals surface area contributed by atoms with Crippen molar-refractivity contribution in [1.29, 1.82) is 0 Å². The molecule has 4 rings (SSSR count). The van der Waals surface area contributed by atoms with Crippen molar-refractivity contribution < 1.29 is 18.0 Å². The van der Waals surface area contributed by atoms with Gasteiger partial charge in [0.2, 0.25) is 21.8 Å². The average molecular weight is 556 g/mol. The number of carbonyl (C=O) groups is 2. The molecule has 7 nitrogen and oxygen atoms in total. The molecule has 0 aromatic heterocycles. The van der Waals surface area contributed by atoms with E-state index < -0.39 is 28.5 Å². The molecule has 9 heteroatoms. The molecule has 1 atom stereocenters. The van der Waals surface area contributed by atoms with Gasteiger partial charge in [-0.1, -0.05) is 73.8 Å². The maximum atomic E-state index is 13.7. The zero-order valence-corrected chi connectivity index (χ0v) is 23.3. The lowest BCUT2D eigenvalue weighted by Gasteiger charge is -2.32. The van der Waals surface area contributed by atoms with Crippen LogP contribution in [0.3, 0.4) is 0 Å². The zero-order chi connectivity index (χ0) is 27.3. The SMILES string of the molecule is CC[C@H](C(=O)NC1CCCC1)N(Cc1ccc(Cl)cc1)C(=O)CN(C)S(=O)(=O)c1ccc2ccccc2c1. The third kappa shape index (κ3) is 6.54. The Morgan fingerprint density at radius 3 is 2.32 bits per heavy atom. The molecule has 0 radical (unpaired) electrons. The number of halogens is 1. The Morgan fingerprint density at radius 2 is 1.66 bits per heavy atom. The number of amides is 2. The molecular weight excluding hydrogens is 522 g/mol. The Morgan fingerprint density at radius 1 is 1.00 bits per heavy atom. The highest BCUT2D eigenvalue weighted by Crippen LogP contribution is 2.23. The van der Waals surface area contributed by atoms with Crippen molar-refractivity contribution in [3.63, 3.8) is 0 Å². The van der Waals surface area contributed by atoms with Gasteiger partial charge < -0.3 is 10.2 Å². The van der Waals surface area contributed by atoms with Gasteiger partial charge in [-0.05, 0) is 59.9 Å². The standard InChI is InChI=1S/C29H34ClN3O4S/c1-3-27(29(35)31-25-10-6-7-11-25)33(19-21-12-15-24(30)16-13-21)28(34)20-32(2)38(36,37)26-17-14-22-8-4-5-9-23(22)18-26/h4-5,8-9,12-18,25,27H,3,6-7,10-11,19-20H2,1-2H3,(H,31,35)/t27-/m1/s1. The van der Waals surface area contributed by atoms with Gasteiger partial charge in [0.05, 0.1) is 11.4 Å². The van der Waals surface area contributed by atoms with Crippen LogP contribution in [0.5, 0.6) is 0 Å². The summed E-state index contributed by atoms with van der Waals surface area (Å²) in [5.74, 6) is -0.651. The molecule has 3 aromatic rings. The topological polar surface area (TPSA) is 86.8 Å². The minimum absolute atomic E-state index is 0.111. The zero-order valence-electron chi connectivity index (χ0n) is 21.8. The summed E-state index contributed by atoms with van der Waals surface area (Å²) >= 11 is 6.04. The maximum Gasteiger partial charge on any atom is 0.243 e. The highest BCUT2D eigenvalue weighted by atomic mass is 35.5. The smallest absolute Gasteiger partial charge is 0.243 e. The van der Waals surface area contributed by atoms with Gasteiger partial charge >= 0.3 is 0 Å². The lowest BCUT2D eigenvalue weighted by Crippen LogP contribution is -2.53. The number of carbonyl (C=O) groups excluding carboxylic acids is 2. The van der Waals surface area contributed by atoms with E-state index in [0.717, 1.165) is 46.3 Å². The van der Waals surface area contributed by atoms with Crippen LogP contribution in [0.25, 0.3) is 10.8 Å². The minimum atomic E-state index is -3.94. The molecule has 202 valence electrons. The third-order valence-electron chi connectivity index (χ3n) is 7.14. The van der Waals surface area contributed by atoms with E-state index in [1.54, 1.807) is 42.5 Å². The van der Waals surface area contributed by atoms with E-state index in [1.807, 2.05) is 31.2 Å². The van der Waals surface area contributed by atoms with Gasteiger partial charge in [0, 0.05) is 24.7 Å². The fraction of sp³-hybridized carbons (Fsp3) is 0.379. The highest BCUT2D eigenvalue weighted by molar-refractivity contribution is 7.89. The predicted molar refractivity (Wildman–Crippen MR) is 150 cm³/mol. The molecule has 1 fully saturated rings. The minimum Gasteiger partial charge on any atom is -0.352 e. The second kappa shape index (κ2) is 12.3. The fourth-order valence-electron chi connectivity index (χ4n) is 4.95. The lowest BCUT2D eigenvalue weighted by atomic mass is 10.1. The van der Waals surface area contributed by atoms with Gasteiger partial charge in [-0.3, -0.25) is 9.59 Å². The van der Waals surface area contributed by atoms with E-state index in [4.69, 9.17) is 11.6 Å². The third-order valence-corrected chi connectivity index (χ3v) is 9.19. The molecule has 0 saturated heterocycles. The first-order valence-corrected chi connectivity index (χ1v) is 14.8. The largest absolute Gasteiger partial charge is 0.352 e. The molecule has 1 aliphatic carbocycles. The number of nitrogens with one attached hydrogen (secondary N) is 1. The molecule has 0 unspecified atom stereocenters. The first-order valence-electron chi connectivity index (χ1n) is 13.0. The van der Waals surface area contributed by atoms with Crippen molar-refractivity contribution in [3.05, 3.63) is 77.3 Å². The van der Waals surface area contributed by atoms with Crippen LogP contribution in [0.1, 0.15) is 44.6 Å². The van der Waals surface area contributed by atoms with E-state index in [1.165, 1.54) is 11.9 Å². The van der Waals surface area contributed by atoms with Crippen LogP contribution in [0.2, 0.25) is 5.02 Å². The van der Waals surface area contributed by atoms with Crippen molar-refractivity contribution in [1.82, 2.24) is 14.5 Å². The van der Waals surface area contributed by atoms with Crippen LogP contribution >= 0.6 is 11.6 Å². The van der Waals surface area contributed by atoms with E-state index in [-0.39, 0.29) is 23.4 Å². The fourth-order valence-corrected chi connectivity index (χ4v) is 6.23. The van der Waals surface area contributed by atoms with Gasteiger partial charge in [-0.15, -0.1) is 0 Å². The van der Waals surface area contributed by atoms with Crippen LogP contribution in [0.4, 0.5) is 0 Å². The van der Waals surface area contributed by atoms with Gasteiger partial charge in [0.15, 0.2) is 0 Å². The number of hydrogen-bond acceptors (Lipinski definition) is 4. The maximum absolute atomic E-state index is 13.7. The summed E-state index contributed by atoms with van der Waals surface area (Å²) in [4.78, 5) is 28.6. The lowest BCUT2D eigenvalue weighted by molar-refractivity contribution is -0.141. The summed E-state index contributed by atoms with van der Waals surface area (Å²) in [5, 5.41) is 5.40. The molecule has 0 aliphatic heterocycles. The molecule has 1 aliphatic rings. The van der Waals surface area contributed by atoms with E-state index in [9.17, 15) is 18.0 Å². The van der Waals surface area contributed by atoms with Gasteiger partial charge in [0.25, 0.3) is 0 Å². The number of benzene rings is 3. The van der Waals surface area contributed by atoms with Crippen molar-refractivity contribution in [2.75, 3.05) is 13.6 Å². The van der Waals surface area contributed by atoms with Crippen molar-refractivity contribution in [3.8, 4) is 0 Å². The second-order valence-corrected chi connectivity index (χ2v) is 12.3. The summed E-state index contributed by atoms with van der Waals surface area (Å²) in [6.07, 6.45) is 4.41. The summed E-state index contributed by atoms with van der Waals surface area (Å²) in [7, 11) is -2.55. The molecule has 1 N–H and O–H groups in total. The van der Waals surface area contributed by atoms with Gasteiger partial charge in [0.1, 0.15) is 6.04 Å². The highest BCUT2D eigenvalue weighted by Gasteiger charge is 2.33. The average Bonchev–Trinajstić information content (AvgIpc) is 3.42. The van der Waals surface area contributed by atoms with Crippen LogP contribution in [0.15, 0.2) is 71.6 Å². The van der Waals surface area contributed by atoms with Gasteiger partial charge in [-0.25, -0.2) is 8.42 Å². The summed E-state index contributed by atoms with van der Waals surface area (Å²) in [5.41, 5.74) is 0.801. The summed E-state index contributed by atoms with van der Waals surface area (Å²) in [6, 6.07) is 18.9. The number of nitrogens with zero attached hydrogens (tertiary/aromatic N) is 2. The quantitative estimate of drug-likeness (QED) is 0.382.